The zero-order valence-electron chi connectivity index (χ0n) is 11.3. The molecule has 0 aromatic heterocycles. The molecule has 0 radical (unpaired) electrons. The van der Waals surface area contributed by atoms with E-state index >= 15 is 0 Å². The fourth-order valence-corrected chi connectivity index (χ4v) is 1.86. The molecule has 4 N–H and O–H groups in total. The molecule has 0 aromatic carbocycles. The number of hydrogen-bond donors (Lipinski definition) is 3. The van der Waals surface area contributed by atoms with Crippen LogP contribution in [0, 0.1) is 11.8 Å². The van der Waals surface area contributed by atoms with Gasteiger partial charge in [0.05, 0.1) is 0 Å². The molecule has 19 heavy (non-hydrogen) atoms. The summed E-state index contributed by atoms with van der Waals surface area (Å²) >= 11 is 0. The van der Waals surface area contributed by atoms with Gasteiger partial charge in [-0.15, -0.1) is 0 Å². The highest BCUT2D eigenvalue weighted by atomic mass is 16.4. The van der Waals surface area contributed by atoms with Crippen molar-refractivity contribution in [3.8, 4) is 0 Å². The van der Waals surface area contributed by atoms with Crippen LogP contribution < -0.4 is 5.73 Å². The summed E-state index contributed by atoms with van der Waals surface area (Å²) in [5.41, 5.74) is 5.57. The van der Waals surface area contributed by atoms with Crippen LogP contribution in [0.1, 0.15) is 26.7 Å². The van der Waals surface area contributed by atoms with Crippen molar-refractivity contribution in [2.45, 2.75) is 26.7 Å². The van der Waals surface area contributed by atoms with Crippen molar-refractivity contribution in [2.75, 3.05) is 19.6 Å². The standard InChI is InChI=1S/C12H22N2O5/c1-8(2)3-9(5-13)4-10(15)14(6-11(16)17)7-12(18)19/h8-9H,3-7,13H2,1-2H3,(H,16,17)(H,18,19)/t9-/m0/s1. The molecule has 0 saturated heterocycles. The van der Waals surface area contributed by atoms with Crippen LogP contribution in [0.3, 0.4) is 0 Å². The number of carbonyl (C=O) groups excluding carboxylic acids is 1. The van der Waals surface area contributed by atoms with Crippen molar-refractivity contribution in [3.05, 3.63) is 0 Å². The highest BCUT2D eigenvalue weighted by molar-refractivity contribution is 5.85. The van der Waals surface area contributed by atoms with E-state index in [4.69, 9.17) is 15.9 Å². The summed E-state index contributed by atoms with van der Waals surface area (Å²) in [5, 5.41) is 17.3. The first kappa shape index (κ1) is 17.4. The average Bonchev–Trinajstić information content (AvgIpc) is 2.25. The molecule has 0 aliphatic heterocycles. The molecular weight excluding hydrogens is 252 g/mol. The molecule has 1 atom stereocenters. The van der Waals surface area contributed by atoms with Gasteiger partial charge in [0.25, 0.3) is 0 Å². The number of aliphatic carboxylic acids is 2. The van der Waals surface area contributed by atoms with Crippen LogP contribution in [0.25, 0.3) is 0 Å². The Balaban J connectivity index is 4.59. The smallest absolute Gasteiger partial charge is 0.323 e. The van der Waals surface area contributed by atoms with Gasteiger partial charge in [0.1, 0.15) is 13.1 Å². The summed E-state index contributed by atoms with van der Waals surface area (Å²) in [7, 11) is 0. The SMILES string of the molecule is CC(C)C[C@H](CN)CC(=O)N(CC(=O)O)CC(=O)O. The maximum atomic E-state index is 11.9. The van der Waals surface area contributed by atoms with Crippen molar-refractivity contribution in [2.24, 2.45) is 17.6 Å². The highest BCUT2D eigenvalue weighted by Crippen LogP contribution is 2.15. The van der Waals surface area contributed by atoms with E-state index in [0.29, 0.717) is 12.5 Å². The van der Waals surface area contributed by atoms with Gasteiger partial charge >= 0.3 is 11.9 Å². The van der Waals surface area contributed by atoms with Crippen LogP contribution in [0.2, 0.25) is 0 Å². The number of carboxylic acids is 2. The Bertz CT molecular complexity index is 314. The van der Waals surface area contributed by atoms with Gasteiger partial charge < -0.3 is 20.8 Å². The number of carbonyl (C=O) groups is 3. The van der Waals surface area contributed by atoms with Crippen molar-refractivity contribution < 1.29 is 24.6 Å². The van der Waals surface area contributed by atoms with Crippen LogP contribution >= 0.6 is 0 Å². The van der Waals surface area contributed by atoms with Gasteiger partial charge in [0, 0.05) is 6.42 Å². The first-order valence-electron chi connectivity index (χ1n) is 6.17. The zero-order chi connectivity index (χ0) is 15.0. The predicted octanol–water partition coefficient (Wildman–Crippen LogP) is -0.00470. The van der Waals surface area contributed by atoms with Gasteiger partial charge in [0.2, 0.25) is 5.91 Å². The number of hydrogen-bond acceptors (Lipinski definition) is 4. The molecule has 0 rings (SSSR count). The van der Waals surface area contributed by atoms with Crippen LogP contribution in [-0.2, 0) is 14.4 Å². The molecule has 7 nitrogen and oxygen atoms in total. The van der Waals surface area contributed by atoms with Crippen LogP contribution in [-0.4, -0.2) is 52.6 Å². The molecule has 7 heteroatoms. The largest absolute Gasteiger partial charge is 0.480 e. The lowest BCUT2D eigenvalue weighted by atomic mass is 9.94. The zero-order valence-corrected chi connectivity index (χ0v) is 11.3. The Kier molecular flexibility index (Phi) is 7.74. The van der Waals surface area contributed by atoms with Gasteiger partial charge in [0.15, 0.2) is 0 Å². The van der Waals surface area contributed by atoms with Crippen molar-refractivity contribution >= 4 is 17.8 Å². The number of rotatable bonds is 9. The lowest BCUT2D eigenvalue weighted by Crippen LogP contribution is -2.40. The third kappa shape index (κ3) is 8.15. The molecule has 0 heterocycles. The van der Waals surface area contributed by atoms with Gasteiger partial charge in [-0.2, -0.15) is 0 Å². The minimum Gasteiger partial charge on any atom is -0.480 e. The number of nitrogens with two attached hydrogens (primary N) is 1. The van der Waals surface area contributed by atoms with Gasteiger partial charge in [-0.3, -0.25) is 14.4 Å². The minimum absolute atomic E-state index is 0.0578. The normalized spacial score (nSPS) is 12.2. The molecule has 0 bridgehead atoms. The summed E-state index contributed by atoms with van der Waals surface area (Å²) in [6, 6.07) is 0. The third-order valence-corrected chi connectivity index (χ3v) is 2.61. The summed E-state index contributed by atoms with van der Waals surface area (Å²) in [6.45, 7) is 3.10. The van der Waals surface area contributed by atoms with Crippen molar-refractivity contribution in [3.63, 3.8) is 0 Å². The molecule has 0 unspecified atom stereocenters. The van der Waals surface area contributed by atoms with E-state index in [9.17, 15) is 14.4 Å². The molecule has 0 aliphatic rings. The topological polar surface area (TPSA) is 121 Å². The first-order valence-corrected chi connectivity index (χ1v) is 6.17. The summed E-state index contributed by atoms with van der Waals surface area (Å²) < 4.78 is 0. The lowest BCUT2D eigenvalue weighted by Gasteiger charge is -2.22. The molecule has 1 amide bonds. The molecule has 110 valence electrons. The number of carboxylic acid groups (broad SMARTS) is 2. The fourth-order valence-electron chi connectivity index (χ4n) is 1.86. The summed E-state index contributed by atoms with van der Waals surface area (Å²) in [5.74, 6) is -2.64. The first-order chi connectivity index (χ1) is 8.76. The van der Waals surface area contributed by atoms with Gasteiger partial charge in [-0.05, 0) is 24.8 Å². The van der Waals surface area contributed by atoms with E-state index in [-0.39, 0.29) is 12.3 Å². The number of amides is 1. The second-order valence-electron chi connectivity index (χ2n) is 4.97. The Morgan fingerprint density at radius 1 is 1.11 bits per heavy atom. The molecule has 0 saturated carbocycles. The Labute approximate surface area is 112 Å². The maximum Gasteiger partial charge on any atom is 0.323 e. The van der Waals surface area contributed by atoms with Crippen LogP contribution in [0.15, 0.2) is 0 Å². The van der Waals surface area contributed by atoms with Crippen molar-refractivity contribution in [1.29, 1.82) is 0 Å². The van der Waals surface area contributed by atoms with E-state index < -0.39 is 30.9 Å². The molecule has 0 spiro atoms. The lowest BCUT2D eigenvalue weighted by molar-refractivity contribution is -0.149. The van der Waals surface area contributed by atoms with E-state index in [0.717, 1.165) is 11.3 Å². The van der Waals surface area contributed by atoms with E-state index in [1.165, 1.54) is 0 Å². The van der Waals surface area contributed by atoms with Gasteiger partial charge in [-0.25, -0.2) is 0 Å². The Morgan fingerprint density at radius 2 is 1.58 bits per heavy atom. The Hall–Kier alpha value is -1.63. The molecule has 0 aromatic rings. The highest BCUT2D eigenvalue weighted by Gasteiger charge is 2.22. The summed E-state index contributed by atoms with van der Waals surface area (Å²) in [6.07, 6.45) is 0.825. The van der Waals surface area contributed by atoms with E-state index in [1.54, 1.807) is 0 Å². The third-order valence-electron chi connectivity index (χ3n) is 2.61. The van der Waals surface area contributed by atoms with Crippen LogP contribution in [0.5, 0.6) is 0 Å². The van der Waals surface area contributed by atoms with Crippen molar-refractivity contribution in [1.82, 2.24) is 4.90 Å². The monoisotopic (exact) mass is 274 g/mol. The Morgan fingerprint density at radius 3 is 1.89 bits per heavy atom. The predicted molar refractivity (Wildman–Crippen MR) is 68.5 cm³/mol. The van der Waals surface area contributed by atoms with Gasteiger partial charge in [-0.1, -0.05) is 13.8 Å². The minimum atomic E-state index is -1.23. The molecule has 0 aliphatic carbocycles. The average molecular weight is 274 g/mol. The second kappa shape index (κ2) is 8.47. The van der Waals surface area contributed by atoms with Crippen LogP contribution in [0.4, 0.5) is 0 Å². The molecule has 0 fully saturated rings. The van der Waals surface area contributed by atoms with E-state index in [1.807, 2.05) is 13.8 Å². The van der Waals surface area contributed by atoms with E-state index in [2.05, 4.69) is 0 Å². The summed E-state index contributed by atoms with van der Waals surface area (Å²) in [4.78, 5) is 34.0. The quantitative estimate of drug-likeness (QED) is 0.544. The maximum absolute atomic E-state index is 11.9. The fraction of sp³-hybridized carbons (Fsp3) is 0.750. The second-order valence-corrected chi connectivity index (χ2v) is 4.97. The number of nitrogens with zero attached hydrogens (tertiary/aromatic N) is 1. The molecular formula is C12H22N2O5.